The molecule has 1 fully saturated rings. The Bertz CT molecular complexity index is 943. The zero-order valence-electron chi connectivity index (χ0n) is 18.7. The summed E-state index contributed by atoms with van der Waals surface area (Å²) in [6.07, 6.45) is 4.03. The van der Waals surface area contributed by atoms with Gasteiger partial charge in [-0.1, -0.05) is 11.8 Å². The van der Waals surface area contributed by atoms with Crippen molar-refractivity contribution >= 4 is 39.2 Å². The summed E-state index contributed by atoms with van der Waals surface area (Å²) in [4.78, 5) is 35.0. The summed E-state index contributed by atoms with van der Waals surface area (Å²) in [6, 6.07) is 0.543. The van der Waals surface area contributed by atoms with Gasteiger partial charge in [0, 0.05) is 36.7 Å². The van der Waals surface area contributed by atoms with Gasteiger partial charge in [-0.2, -0.15) is 0 Å². The number of aryl methyl sites for hydroxylation is 2. The summed E-state index contributed by atoms with van der Waals surface area (Å²) in [5.74, 6) is 0.440. The van der Waals surface area contributed by atoms with Crippen molar-refractivity contribution in [1.82, 2.24) is 14.5 Å². The highest BCUT2D eigenvalue weighted by Crippen LogP contribution is 2.29. The van der Waals surface area contributed by atoms with Crippen LogP contribution in [0.1, 0.15) is 56.9 Å². The number of carbonyl (C=O) groups excluding carboxylic acids is 1. The molecule has 1 saturated heterocycles. The molecule has 1 aliphatic rings. The maximum absolute atomic E-state index is 13.3. The molecule has 2 aromatic rings. The van der Waals surface area contributed by atoms with E-state index in [1.165, 1.54) is 18.2 Å². The van der Waals surface area contributed by atoms with Crippen LogP contribution >= 0.6 is 23.1 Å². The Kier molecular flexibility index (Phi) is 7.98. The van der Waals surface area contributed by atoms with Crippen molar-refractivity contribution in [2.24, 2.45) is 0 Å². The number of thiophene rings is 1. The fourth-order valence-corrected chi connectivity index (χ4v) is 6.16. The maximum atomic E-state index is 13.3. The van der Waals surface area contributed by atoms with E-state index in [9.17, 15) is 9.59 Å². The average Bonchev–Trinajstić information content (AvgIpc) is 2.98. The van der Waals surface area contributed by atoms with E-state index in [-0.39, 0.29) is 23.6 Å². The molecule has 166 valence electrons. The first-order valence-electron chi connectivity index (χ1n) is 10.9. The first kappa shape index (κ1) is 23.3. The van der Waals surface area contributed by atoms with Crippen LogP contribution in [0.25, 0.3) is 10.2 Å². The Labute approximate surface area is 187 Å². The quantitative estimate of drug-likeness (QED) is 0.338. The number of amides is 1. The summed E-state index contributed by atoms with van der Waals surface area (Å²) in [7, 11) is 0. The van der Waals surface area contributed by atoms with Crippen molar-refractivity contribution in [1.29, 1.82) is 0 Å². The molecular formula is C22H33N3O3S2. The van der Waals surface area contributed by atoms with Crippen LogP contribution in [0, 0.1) is 13.8 Å². The lowest BCUT2D eigenvalue weighted by Gasteiger charge is -2.39. The number of aromatic nitrogens is 2. The molecule has 2 atom stereocenters. The summed E-state index contributed by atoms with van der Waals surface area (Å²) < 4.78 is 7.19. The smallest absolute Gasteiger partial charge is 0.263 e. The fourth-order valence-electron chi connectivity index (χ4n) is 4.20. The number of piperidine rings is 1. The van der Waals surface area contributed by atoms with Gasteiger partial charge in [0.15, 0.2) is 5.16 Å². The highest BCUT2D eigenvalue weighted by Gasteiger charge is 2.29. The van der Waals surface area contributed by atoms with Gasteiger partial charge < -0.3 is 9.64 Å². The topological polar surface area (TPSA) is 64.4 Å². The van der Waals surface area contributed by atoms with Gasteiger partial charge in [-0.15, -0.1) is 11.3 Å². The van der Waals surface area contributed by atoms with E-state index in [0.717, 1.165) is 34.5 Å². The van der Waals surface area contributed by atoms with Crippen LogP contribution in [0.15, 0.2) is 9.95 Å². The van der Waals surface area contributed by atoms with Gasteiger partial charge in [-0.25, -0.2) is 4.98 Å². The summed E-state index contributed by atoms with van der Waals surface area (Å²) >= 11 is 2.94. The Morgan fingerprint density at radius 3 is 2.63 bits per heavy atom. The Morgan fingerprint density at radius 1 is 1.27 bits per heavy atom. The van der Waals surface area contributed by atoms with Crippen LogP contribution in [0.3, 0.4) is 0 Å². The molecule has 6 nitrogen and oxygen atoms in total. The Hall–Kier alpha value is -1.38. The molecule has 2 unspecified atom stereocenters. The number of nitrogens with zero attached hydrogens (tertiary/aromatic N) is 3. The molecule has 1 aliphatic heterocycles. The number of fused-ring (bicyclic) bond motifs is 1. The number of thioether (sulfide) groups is 1. The molecule has 0 N–H and O–H groups in total. The molecule has 1 amide bonds. The summed E-state index contributed by atoms with van der Waals surface area (Å²) in [5, 5.41) is 1.35. The molecule has 8 heteroatoms. The number of carbonyl (C=O) groups is 1. The molecule has 3 rings (SSSR count). The monoisotopic (exact) mass is 451 g/mol. The number of hydrogen-bond donors (Lipinski definition) is 0. The number of rotatable bonds is 8. The minimum absolute atomic E-state index is 0.00648. The van der Waals surface area contributed by atoms with Gasteiger partial charge in [0.2, 0.25) is 5.91 Å². The van der Waals surface area contributed by atoms with Crippen LogP contribution in [0.4, 0.5) is 0 Å². The van der Waals surface area contributed by atoms with Crippen molar-refractivity contribution in [2.75, 3.05) is 19.0 Å². The second-order valence-electron chi connectivity index (χ2n) is 8.08. The van der Waals surface area contributed by atoms with Gasteiger partial charge >= 0.3 is 0 Å². The van der Waals surface area contributed by atoms with E-state index in [0.29, 0.717) is 36.1 Å². The van der Waals surface area contributed by atoms with Gasteiger partial charge in [0.05, 0.1) is 11.1 Å². The molecule has 2 aromatic heterocycles. The van der Waals surface area contributed by atoms with Crippen LogP contribution in [0.2, 0.25) is 0 Å². The molecule has 30 heavy (non-hydrogen) atoms. The summed E-state index contributed by atoms with van der Waals surface area (Å²) in [5.41, 5.74) is 1.00. The minimum atomic E-state index is -0.00648. The highest BCUT2D eigenvalue weighted by molar-refractivity contribution is 7.99. The van der Waals surface area contributed by atoms with Crippen LogP contribution in [0.5, 0.6) is 0 Å². The van der Waals surface area contributed by atoms with Crippen molar-refractivity contribution in [3.05, 3.63) is 20.8 Å². The van der Waals surface area contributed by atoms with E-state index < -0.39 is 0 Å². The van der Waals surface area contributed by atoms with Crippen molar-refractivity contribution < 1.29 is 9.53 Å². The molecule has 0 radical (unpaired) electrons. The van der Waals surface area contributed by atoms with Gasteiger partial charge in [-0.3, -0.25) is 14.2 Å². The van der Waals surface area contributed by atoms with Crippen LogP contribution < -0.4 is 5.56 Å². The average molecular weight is 452 g/mol. The molecular weight excluding hydrogens is 418 g/mol. The van der Waals surface area contributed by atoms with E-state index in [1.807, 2.05) is 25.7 Å². The van der Waals surface area contributed by atoms with Crippen molar-refractivity contribution in [3.8, 4) is 0 Å². The van der Waals surface area contributed by atoms with Gasteiger partial charge in [0.1, 0.15) is 4.83 Å². The second kappa shape index (κ2) is 10.3. The normalized spacial score (nSPS) is 19.6. The fraction of sp³-hybridized carbons (Fsp3) is 0.682. The first-order valence-corrected chi connectivity index (χ1v) is 12.7. The Morgan fingerprint density at radius 2 is 1.97 bits per heavy atom. The SMILES string of the molecule is CCOCCCn1c(SCC(=O)N2C(C)CCCC2C)nc2sc(C)c(C)c2c1=O. The lowest BCUT2D eigenvalue weighted by Crippen LogP contribution is -2.48. The number of ether oxygens (including phenoxy) is 1. The zero-order chi connectivity index (χ0) is 21.8. The molecule has 0 aliphatic carbocycles. The summed E-state index contributed by atoms with van der Waals surface area (Å²) in [6.45, 7) is 12.0. The van der Waals surface area contributed by atoms with Crippen molar-refractivity contribution in [3.63, 3.8) is 0 Å². The Balaban J connectivity index is 1.85. The third-order valence-corrected chi connectivity index (χ3v) is 8.00. The molecule has 0 saturated carbocycles. The van der Waals surface area contributed by atoms with E-state index in [1.54, 1.807) is 15.9 Å². The third kappa shape index (κ3) is 4.92. The third-order valence-electron chi connectivity index (χ3n) is 5.93. The second-order valence-corrected chi connectivity index (χ2v) is 10.2. The van der Waals surface area contributed by atoms with Crippen molar-refractivity contribution in [2.45, 2.75) is 84.1 Å². The molecule has 3 heterocycles. The number of hydrogen-bond acceptors (Lipinski definition) is 6. The lowest BCUT2D eigenvalue weighted by atomic mass is 9.98. The molecule has 0 spiro atoms. The maximum Gasteiger partial charge on any atom is 0.263 e. The predicted molar refractivity (Wildman–Crippen MR) is 125 cm³/mol. The highest BCUT2D eigenvalue weighted by atomic mass is 32.2. The predicted octanol–water partition coefficient (Wildman–Crippen LogP) is 4.38. The van der Waals surface area contributed by atoms with Crippen LogP contribution in [-0.2, 0) is 16.1 Å². The molecule has 0 aromatic carbocycles. The van der Waals surface area contributed by atoms with E-state index >= 15 is 0 Å². The van der Waals surface area contributed by atoms with Gasteiger partial charge in [0.25, 0.3) is 5.56 Å². The number of likely N-dealkylation sites (tertiary alicyclic amines) is 1. The van der Waals surface area contributed by atoms with Gasteiger partial charge in [-0.05, 0) is 65.9 Å². The standard InChI is InChI=1S/C22H33N3O3S2/c1-6-28-12-8-11-24-21(27)19-16(4)17(5)30-20(19)23-22(24)29-13-18(26)25-14(2)9-7-10-15(25)3/h14-15H,6-13H2,1-5H3. The minimum Gasteiger partial charge on any atom is -0.382 e. The van der Waals surface area contributed by atoms with Crippen LogP contribution in [-0.4, -0.2) is 51.4 Å². The molecule has 0 bridgehead atoms. The van der Waals surface area contributed by atoms with E-state index in [4.69, 9.17) is 9.72 Å². The largest absolute Gasteiger partial charge is 0.382 e. The lowest BCUT2D eigenvalue weighted by molar-refractivity contribution is -0.134. The first-order chi connectivity index (χ1) is 14.3. The zero-order valence-corrected chi connectivity index (χ0v) is 20.3. The van der Waals surface area contributed by atoms with E-state index in [2.05, 4.69) is 13.8 Å².